The molecule has 9 aromatic rings. The zero-order valence-electron chi connectivity index (χ0n) is 35.4. The van der Waals surface area contributed by atoms with Crippen molar-refractivity contribution in [2.45, 2.75) is 63.2 Å². The summed E-state index contributed by atoms with van der Waals surface area (Å²) in [6.45, 7) is 4.67. The molecule has 0 N–H and O–H groups in total. The molecular weight excluding hydrogens is 753 g/mol. The van der Waals surface area contributed by atoms with Gasteiger partial charge in [-0.05, 0) is 131 Å². The van der Waals surface area contributed by atoms with E-state index in [1.807, 2.05) is 0 Å². The SMILES string of the molecule is CC1(C)c2ccccc2-c2ccc(-c3nc(-c4ccc(C56CC7CC(CC(C7)C5)C6)cc4)nc(-c4ccc5c6ccccc6n(-c6cccc(-c7ccccc7)c6)c5c4)n3)cc21. The van der Waals surface area contributed by atoms with Crippen LogP contribution in [0.25, 0.3) is 83.9 Å². The molecule has 4 bridgehead atoms. The first-order chi connectivity index (χ1) is 30.4. The molecule has 0 atom stereocenters. The van der Waals surface area contributed by atoms with Gasteiger partial charge in [0.05, 0.1) is 11.0 Å². The molecule has 300 valence electrons. The summed E-state index contributed by atoms with van der Waals surface area (Å²) in [5, 5.41) is 2.42. The van der Waals surface area contributed by atoms with E-state index in [0.29, 0.717) is 22.9 Å². The van der Waals surface area contributed by atoms with Crippen molar-refractivity contribution < 1.29 is 0 Å². The molecular formula is C58H48N4. The van der Waals surface area contributed by atoms with Gasteiger partial charge in [-0.2, -0.15) is 0 Å². The summed E-state index contributed by atoms with van der Waals surface area (Å²) in [6.07, 6.45) is 8.41. The lowest BCUT2D eigenvalue weighted by Crippen LogP contribution is -2.48. The highest BCUT2D eigenvalue weighted by atomic mass is 15.0. The second-order valence-corrected chi connectivity index (χ2v) is 19.5. The number of fused-ring (bicyclic) bond motifs is 6. The number of para-hydroxylation sites is 1. The number of aromatic nitrogens is 4. The average Bonchev–Trinajstić information content (AvgIpc) is 3.76. The van der Waals surface area contributed by atoms with E-state index in [9.17, 15) is 0 Å². The van der Waals surface area contributed by atoms with Gasteiger partial charge in [0.15, 0.2) is 17.5 Å². The third kappa shape index (κ3) is 5.55. The summed E-state index contributed by atoms with van der Waals surface area (Å²) in [5.74, 6) is 4.80. The number of hydrogen-bond donors (Lipinski definition) is 0. The first-order valence-electron chi connectivity index (χ1n) is 22.7. The molecule has 5 aliphatic rings. The largest absolute Gasteiger partial charge is 0.309 e. The Morgan fingerprint density at radius 2 is 1.02 bits per heavy atom. The van der Waals surface area contributed by atoms with Gasteiger partial charge in [0.1, 0.15) is 0 Å². The summed E-state index contributed by atoms with van der Waals surface area (Å²) >= 11 is 0. The van der Waals surface area contributed by atoms with Crippen LogP contribution in [0.15, 0.2) is 164 Å². The van der Waals surface area contributed by atoms with E-state index < -0.39 is 0 Å². The van der Waals surface area contributed by atoms with Gasteiger partial charge in [-0.15, -0.1) is 0 Å². The lowest BCUT2D eigenvalue weighted by molar-refractivity contribution is -0.00518. The molecule has 2 aromatic heterocycles. The van der Waals surface area contributed by atoms with E-state index in [1.54, 1.807) is 0 Å². The number of rotatable bonds is 6. The van der Waals surface area contributed by atoms with Crippen LogP contribution in [-0.2, 0) is 10.8 Å². The van der Waals surface area contributed by atoms with Crippen molar-refractivity contribution >= 4 is 21.8 Å². The summed E-state index contributed by atoms with van der Waals surface area (Å²) in [7, 11) is 0. The Morgan fingerprint density at radius 1 is 0.435 bits per heavy atom. The highest BCUT2D eigenvalue weighted by Gasteiger charge is 2.51. The smallest absolute Gasteiger partial charge is 0.164 e. The van der Waals surface area contributed by atoms with E-state index in [-0.39, 0.29) is 5.41 Å². The minimum Gasteiger partial charge on any atom is -0.309 e. The van der Waals surface area contributed by atoms with E-state index in [0.717, 1.165) is 45.6 Å². The van der Waals surface area contributed by atoms with Gasteiger partial charge < -0.3 is 4.57 Å². The van der Waals surface area contributed by atoms with Crippen LogP contribution in [0.4, 0.5) is 0 Å². The van der Waals surface area contributed by atoms with Crippen LogP contribution < -0.4 is 0 Å². The monoisotopic (exact) mass is 800 g/mol. The second kappa shape index (κ2) is 13.4. The maximum Gasteiger partial charge on any atom is 0.164 e. The van der Waals surface area contributed by atoms with Crippen LogP contribution in [0, 0.1) is 17.8 Å². The molecule has 4 nitrogen and oxygen atoms in total. The maximum atomic E-state index is 5.35. The summed E-state index contributed by atoms with van der Waals surface area (Å²) in [5.41, 5.74) is 15.8. The molecule has 62 heavy (non-hydrogen) atoms. The second-order valence-electron chi connectivity index (χ2n) is 19.5. The van der Waals surface area contributed by atoms with Crippen LogP contribution >= 0.6 is 0 Å². The zero-order chi connectivity index (χ0) is 41.2. The van der Waals surface area contributed by atoms with Crippen LogP contribution in [0.5, 0.6) is 0 Å². The van der Waals surface area contributed by atoms with Gasteiger partial charge in [-0.1, -0.05) is 147 Å². The molecule has 4 fully saturated rings. The third-order valence-corrected chi connectivity index (χ3v) is 15.4. The molecule has 0 radical (unpaired) electrons. The predicted molar refractivity (Wildman–Crippen MR) is 253 cm³/mol. The Labute approximate surface area is 363 Å². The van der Waals surface area contributed by atoms with E-state index in [1.165, 1.54) is 93.8 Å². The Hall–Kier alpha value is -6.65. The highest BCUT2D eigenvalue weighted by molar-refractivity contribution is 6.10. The maximum absolute atomic E-state index is 5.35. The van der Waals surface area contributed by atoms with Crippen molar-refractivity contribution in [3.63, 3.8) is 0 Å². The fourth-order valence-electron chi connectivity index (χ4n) is 12.9. The Balaban J connectivity index is 0.967. The minimum absolute atomic E-state index is 0.135. The van der Waals surface area contributed by atoms with Gasteiger partial charge in [0.25, 0.3) is 0 Å². The lowest BCUT2D eigenvalue weighted by atomic mass is 9.48. The molecule has 0 unspecified atom stereocenters. The molecule has 14 rings (SSSR count). The van der Waals surface area contributed by atoms with E-state index >= 15 is 0 Å². The number of nitrogens with zero attached hydrogens (tertiary/aromatic N) is 4. The molecule has 2 heterocycles. The summed E-state index contributed by atoms with van der Waals surface area (Å²) < 4.78 is 2.40. The molecule has 0 aliphatic heterocycles. The molecule has 7 aromatic carbocycles. The fraction of sp³-hybridized carbons (Fsp3) is 0.224. The molecule has 0 amide bonds. The van der Waals surface area contributed by atoms with Crippen molar-refractivity contribution in [1.82, 2.24) is 19.5 Å². The Bertz CT molecular complexity index is 3210. The first-order valence-corrected chi connectivity index (χ1v) is 22.7. The first kappa shape index (κ1) is 36.0. The molecule has 0 spiro atoms. The normalized spacial score (nSPS) is 21.7. The van der Waals surface area contributed by atoms with E-state index in [4.69, 9.17) is 15.0 Å². The lowest BCUT2D eigenvalue weighted by Gasteiger charge is -2.57. The quantitative estimate of drug-likeness (QED) is 0.168. The molecule has 5 aliphatic carbocycles. The Kier molecular flexibility index (Phi) is 7.80. The molecule has 4 heteroatoms. The van der Waals surface area contributed by atoms with Crippen molar-refractivity contribution in [2.75, 3.05) is 0 Å². The van der Waals surface area contributed by atoms with Gasteiger partial charge in [-0.3, -0.25) is 0 Å². The van der Waals surface area contributed by atoms with Crippen LogP contribution in [0.1, 0.15) is 69.1 Å². The summed E-state index contributed by atoms with van der Waals surface area (Å²) in [4.78, 5) is 16.0. The van der Waals surface area contributed by atoms with Crippen molar-refractivity contribution in [2.24, 2.45) is 17.8 Å². The molecule has 0 saturated heterocycles. The van der Waals surface area contributed by atoms with Gasteiger partial charge in [0.2, 0.25) is 0 Å². The fourth-order valence-corrected chi connectivity index (χ4v) is 12.9. The zero-order valence-corrected chi connectivity index (χ0v) is 35.4. The molecule has 4 saturated carbocycles. The van der Waals surface area contributed by atoms with Crippen molar-refractivity contribution in [3.05, 3.63) is 180 Å². The van der Waals surface area contributed by atoms with Crippen LogP contribution in [0.3, 0.4) is 0 Å². The van der Waals surface area contributed by atoms with E-state index in [2.05, 4.69) is 182 Å². The van der Waals surface area contributed by atoms with Crippen molar-refractivity contribution in [1.29, 1.82) is 0 Å². The number of hydrogen-bond acceptors (Lipinski definition) is 3. The summed E-state index contributed by atoms with van der Waals surface area (Å²) in [6, 6.07) is 60.0. The van der Waals surface area contributed by atoms with Gasteiger partial charge in [0, 0.05) is 38.6 Å². The minimum atomic E-state index is -0.135. The topological polar surface area (TPSA) is 43.6 Å². The highest BCUT2D eigenvalue weighted by Crippen LogP contribution is 2.61. The number of benzene rings is 7. The predicted octanol–water partition coefficient (Wildman–Crippen LogP) is 14.4. The van der Waals surface area contributed by atoms with Crippen molar-refractivity contribution in [3.8, 4) is 62.1 Å². The van der Waals surface area contributed by atoms with Gasteiger partial charge in [-0.25, -0.2) is 15.0 Å². The Morgan fingerprint density at radius 3 is 1.77 bits per heavy atom. The van der Waals surface area contributed by atoms with Gasteiger partial charge >= 0.3 is 0 Å². The average molecular weight is 801 g/mol. The van der Waals surface area contributed by atoms with Crippen LogP contribution in [-0.4, -0.2) is 19.5 Å². The standard InChI is InChI=1S/C58H48N4/c1-57(2)50-17-8-6-15-46(50)47-25-21-42(31-51(47)57)55-59-54(40-19-23-44(24-20-40)58-33-36-27-37(34-58)29-38(28-36)35-58)60-56(61-55)43-22-26-49-48-16-7-9-18-52(48)62(53(49)32-43)45-14-10-13-41(30-45)39-11-4-3-5-12-39/h3-26,30-32,36-38H,27-29,33-35H2,1-2H3. The van der Waals surface area contributed by atoms with Crippen LogP contribution in [0.2, 0.25) is 0 Å². The third-order valence-electron chi connectivity index (χ3n) is 15.4.